The lowest BCUT2D eigenvalue weighted by atomic mass is 10.2. The number of ether oxygens (including phenoxy) is 2. The molecule has 2 amide bonds. The van der Waals surface area contributed by atoms with Gasteiger partial charge in [-0.3, -0.25) is 9.59 Å². The first kappa shape index (κ1) is 19.3. The molecular formula is C20H20N2O6S. The van der Waals surface area contributed by atoms with Crippen LogP contribution in [0, 0.1) is 0 Å². The van der Waals surface area contributed by atoms with Crippen LogP contribution in [0.4, 0.5) is 5.69 Å². The van der Waals surface area contributed by atoms with Gasteiger partial charge in [0.1, 0.15) is 6.54 Å². The van der Waals surface area contributed by atoms with Crippen molar-refractivity contribution in [1.82, 2.24) is 5.32 Å². The second-order valence-electron chi connectivity index (χ2n) is 6.97. The van der Waals surface area contributed by atoms with Crippen LogP contribution in [-0.2, 0) is 26.0 Å². The van der Waals surface area contributed by atoms with Gasteiger partial charge in [-0.25, -0.2) is 8.42 Å². The predicted molar refractivity (Wildman–Crippen MR) is 104 cm³/mol. The molecule has 0 spiro atoms. The van der Waals surface area contributed by atoms with Crippen molar-refractivity contribution < 1.29 is 27.5 Å². The van der Waals surface area contributed by atoms with Crippen LogP contribution in [0.15, 0.2) is 47.4 Å². The van der Waals surface area contributed by atoms with E-state index < -0.39 is 26.9 Å². The second kappa shape index (κ2) is 7.40. The molecule has 1 unspecified atom stereocenters. The number of nitrogens with zero attached hydrogens (tertiary/aromatic N) is 1. The van der Waals surface area contributed by atoms with Gasteiger partial charge in [-0.05, 0) is 36.8 Å². The Morgan fingerprint density at radius 1 is 1.17 bits per heavy atom. The number of carbonyl (C=O) groups excluding carboxylic acids is 2. The zero-order chi connectivity index (χ0) is 20.6. The van der Waals surface area contributed by atoms with Crippen molar-refractivity contribution in [1.29, 1.82) is 0 Å². The average Bonchev–Trinajstić information content (AvgIpc) is 3.15. The number of para-hydroxylation sites is 1. The lowest BCUT2D eigenvalue weighted by molar-refractivity contribution is -0.123. The molecule has 2 aromatic rings. The number of anilines is 1. The highest BCUT2D eigenvalue weighted by molar-refractivity contribution is 7.92. The molecule has 0 bridgehead atoms. The zero-order valence-electron chi connectivity index (χ0n) is 15.8. The zero-order valence-corrected chi connectivity index (χ0v) is 16.6. The Hall–Kier alpha value is -3.07. The van der Waals surface area contributed by atoms with Crippen molar-refractivity contribution >= 4 is 27.3 Å². The summed E-state index contributed by atoms with van der Waals surface area (Å²) >= 11 is 0. The van der Waals surface area contributed by atoms with E-state index in [1.54, 1.807) is 30.3 Å². The van der Waals surface area contributed by atoms with Gasteiger partial charge in [0.25, 0.3) is 0 Å². The molecule has 0 fully saturated rings. The fraction of sp³-hybridized carbons (Fsp3) is 0.300. The minimum atomic E-state index is -3.64. The SMILES string of the molecule is CC1CC(=O)N(CC(=O)NCc2ccc3c(c2)OCO3)c2ccccc2S1(=O)=O. The summed E-state index contributed by atoms with van der Waals surface area (Å²) in [5, 5.41) is 1.91. The van der Waals surface area contributed by atoms with E-state index in [1.807, 2.05) is 6.07 Å². The normalized spacial score (nSPS) is 19.4. The molecule has 152 valence electrons. The molecule has 1 atom stereocenters. The van der Waals surface area contributed by atoms with Gasteiger partial charge in [-0.2, -0.15) is 0 Å². The number of nitrogens with one attached hydrogen (secondary N) is 1. The molecule has 0 saturated carbocycles. The number of amides is 2. The molecule has 2 aliphatic heterocycles. The highest BCUT2D eigenvalue weighted by atomic mass is 32.2. The number of benzene rings is 2. The molecule has 0 radical (unpaired) electrons. The van der Waals surface area contributed by atoms with Crippen LogP contribution in [-0.4, -0.2) is 38.8 Å². The minimum absolute atomic E-state index is 0.0712. The molecule has 2 heterocycles. The van der Waals surface area contributed by atoms with E-state index in [9.17, 15) is 18.0 Å². The standard InChI is InChI=1S/C20H20N2O6S/c1-13-8-20(24)22(15-4-2-3-5-18(15)29(13,25)26)11-19(23)21-10-14-6-7-16-17(9-14)28-12-27-16/h2-7,9,13H,8,10-12H2,1H3,(H,21,23). The number of carbonyl (C=O) groups is 2. The van der Waals surface area contributed by atoms with Gasteiger partial charge in [-0.15, -0.1) is 0 Å². The highest BCUT2D eigenvalue weighted by Gasteiger charge is 2.36. The molecule has 0 aromatic heterocycles. The third-order valence-corrected chi connectivity index (χ3v) is 7.17. The van der Waals surface area contributed by atoms with E-state index in [1.165, 1.54) is 17.9 Å². The van der Waals surface area contributed by atoms with Crippen LogP contribution in [0.1, 0.15) is 18.9 Å². The number of sulfone groups is 1. The summed E-state index contributed by atoms with van der Waals surface area (Å²) in [6.07, 6.45) is -0.174. The lowest BCUT2D eigenvalue weighted by Crippen LogP contribution is -2.40. The van der Waals surface area contributed by atoms with Crippen molar-refractivity contribution in [3.05, 3.63) is 48.0 Å². The smallest absolute Gasteiger partial charge is 0.240 e. The van der Waals surface area contributed by atoms with Crippen LogP contribution in [0.25, 0.3) is 0 Å². The van der Waals surface area contributed by atoms with Crippen molar-refractivity contribution in [3.8, 4) is 11.5 Å². The summed E-state index contributed by atoms with van der Waals surface area (Å²) in [4.78, 5) is 26.5. The second-order valence-corrected chi connectivity index (χ2v) is 9.31. The van der Waals surface area contributed by atoms with E-state index in [0.717, 1.165) is 5.56 Å². The largest absolute Gasteiger partial charge is 0.454 e. The number of hydrogen-bond donors (Lipinski definition) is 1. The summed E-state index contributed by atoms with van der Waals surface area (Å²) in [7, 11) is -3.64. The number of rotatable bonds is 4. The van der Waals surface area contributed by atoms with Gasteiger partial charge in [0, 0.05) is 13.0 Å². The van der Waals surface area contributed by atoms with Gasteiger partial charge in [0.15, 0.2) is 21.3 Å². The molecule has 29 heavy (non-hydrogen) atoms. The van der Waals surface area contributed by atoms with Crippen LogP contribution in [0.3, 0.4) is 0 Å². The molecule has 1 N–H and O–H groups in total. The Kier molecular flexibility index (Phi) is 4.91. The maximum atomic E-state index is 12.7. The molecular weight excluding hydrogens is 396 g/mol. The Balaban J connectivity index is 1.50. The first-order valence-electron chi connectivity index (χ1n) is 9.15. The van der Waals surface area contributed by atoms with Gasteiger partial charge >= 0.3 is 0 Å². The lowest BCUT2D eigenvalue weighted by Gasteiger charge is -2.21. The van der Waals surface area contributed by atoms with E-state index in [2.05, 4.69) is 5.32 Å². The monoisotopic (exact) mass is 416 g/mol. The van der Waals surface area contributed by atoms with Crippen LogP contribution in [0.5, 0.6) is 11.5 Å². The third-order valence-electron chi connectivity index (χ3n) is 4.98. The summed E-state index contributed by atoms with van der Waals surface area (Å²) in [5.41, 5.74) is 1.06. The van der Waals surface area contributed by atoms with Crippen LogP contribution in [0.2, 0.25) is 0 Å². The molecule has 0 saturated heterocycles. The van der Waals surface area contributed by atoms with E-state index >= 15 is 0 Å². The van der Waals surface area contributed by atoms with Gasteiger partial charge in [0.2, 0.25) is 18.6 Å². The summed E-state index contributed by atoms with van der Waals surface area (Å²) < 4.78 is 36.0. The number of fused-ring (bicyclic) bond motifs is 2. The molecule has 0 aliphatic carbocycles. The fourth-order valence-corrected chi connectivity index (χ4v) is 4.90. The molecule has 9 heteroatoms. The maximum Gasteiger partial charge on any atom is 0.240 e. The first-order chi connectivity index (χ1) is 13.9. The van der Waals surface area contributed by atoms with E-state index in [-0.39, 0.29) is 36.9 Å². The first-order valence-corrected chi connectivity index (χ1v) is 10.7. The van der Waals surface area contributed by atoms with Gasteiger partial charge in [0.05, 0.1) is 15.8 Å². The number of hydrogen-bond acceptors (Lipinski definition) is 6. The summed E-state index contributed by atoms with van der Waals surface area (Å²) in [6.45, 7) is 1.66. The van der Waals surface area contributed by atoms with Crippen molar-refractivity contribution in [2.75, 3.05) is 18.2 Å². The van der Waals surface area contributed by atoms with Crippen molar-refractivity contribution in [2.24, 2.45) is 0 Å². The van der Waals surface area contributed by atoms with Gasteiger partial charge < -0.3 is 19.7 Å². The summed E-state index contributed by atoms with van der Waals surface area (Å²) in [5.74, 6) is 0.483. The quantitative estimate of drug-likeness (QED) is 0.813. The Morgan fingerprint density at radius 2 is 1.93 bits per heavy atom. The third kappa shape index (κ3) is 3.65. The fourth-order valence-electron chi connectivity index (χ4n) is 3.36. The topological polar surface area (TPSA) is 102 Å². The molecule has 4 rings (SSSR count). The van der Waals surface area contributed by atoms with E-state index in [4.69, 9.17) is 9.47 Å². The Labute approximate surface area is 168 Å². The van der Waals surface area contributed by atoms with E-state index in [0.29, 0.717) is 11.5 Å². The van der Waals surface area contributed by atoms with Crippen molar-refractivity contribution in [3.63, 3.8) is 0 Å². The van der Waals surface area contributed by atoms with Crippen LogP contribution < -0.4 is 19.7 Å². The molecule has 2 aliphatic rings. The summed E-state index contributed by atoms with van der Waals surface area (Å²) in [6, 6.07) is 11.6. The van der Waals surface area contributed by atoms with Crippen LogP contribution >= 0.6 is 0 Å². The van der Waals surface area contributed by atoms with Gasteiger partial charge in [-0.1, -0.05) is 18.2 Å². The minimum Gasteiger partial charge on any atom is -0.454 e. The molecule has 8 nitrogen and oxygen atoms in total. The average molecular weight is 416 g/mol. The molecule has 2 aromatic carbocycles. The Morgan fingerprint density at radius 3 is 2.76 bits per heavy atom. The highest BCUT2D eigenvalue weighted by Crippen LogP contribution is 2.34. The maximum absolute atomic E-state index is 12.7. The Bertz CT molecular complexity index is 1080. The predicted octanol–water partition coefficient (Wildman–Crippen LogP) is 1.63. The van der Waals surface area contributed by atoms with Crippen molar-refractivity contribution in [2.45, 2.75) is 30.0 Å².